The molecule has 0 atom stereocenters. The van der Waals surface area contributed by atoms with E-state index in [1.54, 1.807) is 0 Å². The highest BCUT2D eigenvalue weighted by Gasteiger charge is 2.15. The lowest BCUT2D eigenvalue weighted by molar-refractivity contribution is 0.0983. The molecule has 0 spiro atoms. The molecule has 1 aliphatic heterocycles. The average molecular weight is 176 g/mol. The van der Waals surface area contributed by atoms with Gasteiger partial charge in [-0.05, 0) is 31.0 Å². The number of ketones is 1. The molecule has 2 nitrogen and oxygen atoms in total. The van der Waals surface area contributed by atoms with E-state index in [-0.39, 0.29) is 5.78 Å². The van der Waals surface area contributed by atoms with E-state index in [2.05, 4.69) is 0 Å². The molecule has 0 fully saturated rings. The number of Topliss-reactive ketones (excluding diaryl/α,β-unsaturated/α-hetero) is 1. The minimum atomic E-state index is 0.201. The Morgan fingerprint density at radius 3 is 3.08 bits per heavy atom. The minimum Gasteiger partial charge on any atom is -0.493 e. The van der Waals surface area contributed by atoms with Crippen molar-refractivity contribution in [1.82, 2.24) is 0 Å². The second-order valence-corrected chi connectivity index (χ2v) is 3.37. The lowest BCUT2D eigenvalue weighted by Gasteiger charge is -2.05. The van der Waals surface area contributed by atoms with E-state index < -0.39 is 0 Å². The molecule has 2 rings (SSSR count). The van der Waals surface area contributed by atoms with E-state index in [1.807, 2.05) is 25.1 Å². The number of rotatable bonds is 0. The third-order valence-electron chi connectivity index (χ3n) is 2.24. The fourth-order valence-electron chi connectivity index (χ4n) is 1.53. The van der Waals surface area contributed by atoms with Gasteiger partial charge in [0.25, 0.3) is 0 Å². The summed E-state index contributed by atoms with van der Waals surface area (Å²) in [6.07, 6.45) is 1.43. The van der Waals surface area contributed by atoms with Gasteiger partial charge in [-0.15, -0.1) is 0 Å². The molecule has 0 saturated heterocycles. The van der Waals surface area contributed by atoms with Gasteiger partial charge < -0.3 is 4.74 Å². The van der Waals surface area contributed by atoms with Gasteiger partial charge in [-0.2, -0.15) is 0 Å². The SMILES string of the molecule is Cc1ccc2c(c1)OCCCC2=O. The Bertz CT molecular complexity index is 342. The van der Waals surface area contributed by atoms with Gasteiger partial charge in [-0.1, -0.05) is 6.07 Å². The molecule has 0 bridgehead atoms. The van der Waals surface area contributed by atoms with Gasteiger partial charge in [0, 0.05) is 6.42 Å². The average Bonchev–Trinajstić information content (AvgIpc) is 2.28. The van der Waals surface area contributed by atoms with Gasteiger partial charge in [0.05, 0.1) is 12.2 Å². The fourth-order valence-corrected chi connectivity index (χ4v) is 1.53. The summed E-state index contributed by atoms with van der Waals surface area (Å²) in [6.45, 7) is 2.65. The Morgan fingerprint density at radius 2 is 2.23 bits per heavy atom. The smallest absolute Gasteiger partial charge is 0.166 e. The predicted molar refractivity (Wildman–Crippen MR) is 50.2 cm³/mol. The highest BCUT2D eigenvalue weighted by molar-refractivity contribution is 5.99. The fraction of sp³-hybridized carbons (Fsp3) is 0.364. The second kappa shape index (κ2) is 3.21. The summed E-state index contributed by atoms with van der Waals surface area (Å²) in [5.74, 6) is 0.954. The lowest BCUT2D eigenvalue weighted by atomic mass is 10.1. The summed E-state index contributed by atoms with van der Waals surface area (Å²) in [5.41, 5.74) is 1.87. The van der Waals surface area contributed by atoms with Gasteiger partial charge in [0.1, 0.15) is 5.75 Å². The van der Waals surface area contributed by atoms with Gasteiger partial charge in [0.15, 0.2) is 5.78 Å². The Balaban J connectivity index is 2.48. The molecule has 0 unspecified atom stereocenters. The summed E-state index contributed by atoms with van der Waals surface area (Å²) >= 11 is 0. The summed E-state index contributed by atoms with van der Waals surface area (Å²) < 4.78 is 5.48. The maximum Gasteiger partial charge on any atom is 0.166 e. The number of carbonyl (C=O) groups excluding carboxylic acids is 1. The largest absolute Gasteiger partial charge is 0.493 e. The van der Waals surface area contributed by atoms with E-state index in [1.165, 1.54) is 0 Å². The Labute approximate surface area is 77.5 Å². The van der Waals surface area contributed by atoms with Crippen LogP contribution in [0.25, 0.3) is 0 Å². The zero-order valence-corrected chi connectivity index (χ0v) is 7.67. The molecule has 1 aliphatic rings. The number of benzene rings is 1. The van der Waals surface area contributed by atoms with E-state index >= 15 is 0 Å². The van der Waals surface area contributed by atoms with Crippen molar-refractivity contribution in [2.75, 3.05) is 6.61 Å². The minimum absolute atomic E-state index is 0.201. The standard InChI is InChI=1S/C11H12O2/c1-8-4-5-9-10(12)3-2-6-13-11(9)7-8/h4-5,7H,2-3,6H2,1H3. The van der Waals surface area contributed by atoms with Crippen LogP contribution in [0.15, 0.2) is 18.2 Å². The molecule has 0 radical (unpaired) electrons. The third-order valence-corrected chi connectivity index (χ3v) is 2.24. The normalized spacial score (nSPS) is 15.9. The van der Waals surface area contributed by atoms with Crippen molar-refractivity contribution >= 4 is 5.78 Å². The van der Waals surface area contributed by atoms with Crippen molar-refractivity contribution in [2.45, 2.75) is 19.8 Å². The first-order chi connectivity index (χ1) is 6.27. The van der Waals surface area contributed by atoms with Crippen LogP contribution in [-0.2, 0) is 0 Å². The van der Waals surface area contributed by atoms with E-state index in [0.717, 1.165) is 23.3 Å². The van der Waals surface area contributed by atoms with Gasteiger partial charge in [0.2, 0.25) is 0 Å². The van der Waals surface area contributed by atoms with Crippen molar-refractivity contribution in [3.63, 3.8) is 0 Å². The van der Waals surface area contributed by atoms with Crippen molar-refractivity contribution in [3.05, 3.63) is 29.3 Å². The van der Waals surface area contributed by atoms with Crippen LogP contribution < -0.4 is 4.74 Å². The van der Waals surface area contributed by atoms with Crippen LogP contribution in [-0.4, -0.2) is 12.4 Å². The van der Waals surface area contributed by atoms with Crippen LogP contribution in [0.3, 0.4) is 0 Å². The molecular weight excluding hydrogens is 164 g/mol. The highest BCUT2D eigenvalue weighted by atomic mass is 16.5. The summed E-state index contributed by atoms with van der Waals surface area (Å²) in [5, 5.41) is 0. The van der Waals surface area contributed by atoms with Crippen LogP contribution in [0, 0.1) is 6.92 Å². The van der Waals surface area contributed by atoms with Crippen LogP contribution >= 0.6 is 0 Å². The molecule has 1 aromatic carbocycles. The molecule has 0 aromatic heterocycles. The maximum absolute atomic E-state index is 11.5. The number of aryl methyl sites for hydroxylation is 1. The van der Waals surface area contributed by atoms with Crippen molar-refractivity contribution < 1.29 is 9.53 Å². The van der Waals surface area contributed by atoms with Crippen LogP contribution in [0.5, 0.6) is 5.75 Å². The Kier molecular flexibility index (Phi) is 2.05. The quantitative estimate of drug-likeness (QED) is 0.606. The summed E-state index contributed by atoms with van der Waals surface area (Å²) in [7, 11) is 0. The lowest BCUT2D eigenvalue weighted by Crippen LogP contribution is -1.97. The zero-order chi connectivity index (χ0) is 9.26. The highest BCUT2D eigenvalue weighted by Crippen LogP contribution is 2.24. The van der Waals surface area contributed by atoms with Crippen LogP contribution in [0.2, 0.25) is 0 Å². The molecular formula is C11H12O2. The van der Waals surface area contributed by atoms with Crippen molar-refractivity contribution in [3.8, 4) is 5.75 Å². The number of ether oxygens (including phenoxy) is 1. The first-order valence-electron chi connectivity index (χ1n) is 4.54. The number of hydrogen-bond acceptors (Lipinski definition) is 2. The zero-order valence-electron chi connectivity index (χ0n) is 7.67. The summed E-state index contributed by atoms with van der Waals surface area (Å²) in [6, 6.07) is 5.74. The Hall–Kier alpha value is -1.31. The second-order valence-electron chi connectivity index (χ2n) is 3.37. The molecule has 0 aliphatic carbocycles. The van der Waals surface area contributed by atoms with Gasteiger partial charge >= 0.3 is 0 Å². The predicted octanol–water partition coefficient (Wildman–Crippen LogP) is 2.35. The third kappa shape index (κ3) is 1.57. The Morgan fingerprint density at radius 1 is 1.38 bits per heavy atom. The van der Waals surface area contributed by atoms with E-state index in [9.17, 15) is 4.79 Å². The van der Waals surface area contributed by atoms with Crippen LogP contribution in [0.1, 0.15) is 28.8 Å². The van der Waals surface area contributed by atoms with E-state index in [0.29, 0.717) is 13.0 Å². The molecule has 1 heterocycles. The van der Waals surface area contributed by atoms with Gasteiger partial charge in [-0.25, -0.2) is 0 Å². The number of hydrogen-bond donors (Lipinski definition) is 0. The van der Waals surface area contributed by atoms with Crippen molar-refractivity contribution in [2.24, 2.45) is 0 Å². The molecule has 1 aromatic rings. The molecule has 2 heteroatoms. The molecule has 13 heavy (non-hydrogen) atoms. The number of carbonyl (C=O) groups is 1. The molecule has 0 saturated carbocycles. The molecule has 0 amide bonds. The van der Waals surface area contributed by atoms with Gasteiger partial charge in [-0.3, -0.25) is 4.79 Å². The van der Waals surface area contributed by atoms with Crippen molar-refractivity contribution in [1.29, 1.82) is 0 Å². The maximum atomic E-state index is 11.5. The monoisotopic (exact) mass is 176 g/mol. The molecule has 68 valence electrons. The van der Waals surface area contributed by atoms with Crippen LogP contribution in [0.4, 0.5) is 0 Å². The first-order valence-corrected chi connectivity index (χ1v) is 4.54. The summed E-state index contributed by atoms with van der Waals surface area (Å²) in [4.78, 5) is 11.5. The molecule has 0 N–H and O–H groups in total. The van der Waals surface area contributed by atoms with E-state index in [4.69, 9.17) is 4.74 Å². The number of fused-ring (bicyclic) bond motifs is 1. The topological polar surface area (TPSA) is 26.3 Å². The first kappa shape index (κ1) is 8.30.